The fourth-order valence-corrected chi connectivity index (χ4v) is 5.79. The summed E-state index contributed by atoms with van der Waals surface area (Å²) in [6.07, 6.45) is 0. The van der Waals surface area contributed by atoms with Crippen molar-refractivity contribution in [3.05, 3.63) is 113 Å². The van der Waals surface area contributed by atoms with E-state index in [2.05, 4.69) is 20.8 Å². The molecule has 0 radical (unpaired) electrons. The number of carbonyl (C=O) groups is 3. The van der Waals surface area contributed by atoms with Crippen LogP contribution < -0.4 is 10.6 Å². The number of carboxylic acid groups (broad SMARTS) is 1. The van der Waals surface area contributed by atoms with Gasteiger partial charge in [0.2, 0.25) is 11.0 Å². The summed E-state index contributed by atoms with van der Waals surface area (Å²) in [7, 11) is 0. The van der Waals surface area contributed by atoms with Crippen molar-refractivity contribution >= 4 is 62.5 Å². The molecule has 8 nitrogen and oxygen atoms in total. The molecule has 2 amide bonds. The number of carbonyl (C=O) groups excluding carboxylic acids is 2. The lowest BCUT2D eigenvalue weighted by atomic mass is 9.98. The SMILES string of the molecule is Cc1nnc(NC(=O)C(Sc2cccc(NC(=O)c3cccc4cccc(C(=O)O)c34)c2)c2ccccc2)s1. The zero-order valence-corrected chi connectivity index (χ0v) is 22.3. The molecule has 1 unspecified atom stereocenters. The molecule has 0 saturated carbocycles. The van der Waals surface area contributed by atoms with Crippen molar-refractivity contribution in [2.45, 2.75) is 17.1 Å². The van der Waals surface area contributed by atoms with E-state index in [0.29, 0.717) is 21.6 Å². The van der Waals surface area contributed by atoms with Crippen LogP contribution in [0.2, 0.25) is 0 Å². The van der Waals surface area contributed by atoms with Gasteiger partial charge in [-0.3, -0.25) is 14.9 Å². The fraction of sp³-hybridized carbons (Fsp3) is 0.0690. The van der Waals surface area contributed by atoms with E-state index in [0.717, 1.165) is 15.5 Å². The minimum absolute atomic E-state index is 0.0601. The Balaban J connectivity index is 1.40. The summed E-state index contributed by atoms with van der Waals surface area (Å²) < 4.78 is 0. The van der Waals surface area contributed by atoms with E-state index >= 15 is 0 Å². The largest absolute Gasteiger partial charge is 0.478 e. The first-order chi connectivity index (χ1) is 18.9. The van der Waals surface area contributed by atoms with Gasteiger partial charge in [0, 0.05) is 21.5 Å². The van der Waals surface area contributed by atoms with Crippen molar-refractivity contribution in [2.24, 2.45) is 0 Å². The maximum Gasteiger partial charge on any atom is 0.336 e. The molecule has 1 aromatic heterocycles. The van der Waals surface area contributed by atoms with Gasteiger partial charge in [-0.15, -0.1) is 22.0 Å². The quantitative estimate of drug-likeness (QED) is 0.189. The molecule has 0 fully saturated rings. The topological polar surface area (TPSA) is 121 Å². The lowest BCUT2D eigenvalue weighted by Crippen LogP contribution is -2.19. The Bertz CT molecular complexity index is 1680. The fourth-order valence-electron chi connectivity index (χ4n) is 4.11. The van der Waals surface area contributed by atoms with Gasteiger partial charge in [-0.25, -0.2) is 4.79 Å². The standard InChI is InChI=1S/C29H22N4O4S2/c1-17-32-33-29(38-17)31-27(35)25(19-8-3-2-4-9-19)39-21-13-7-12-20(16-21)30-26(34)22-14-5-10-18-11-6-15-23(24(18)22)28(36)37/h2-16,25H,1H3,(H,30,34)(H,36,37)(H,31,33,35). The van der Waals surface area contributed by atoms with Gasteiger partial charge >= 0.3 is 5.97 Å². The molecule has 10 heteroatoms. The van der Waals surface area contributed by atoms with Crippen molar-refractivity contribution in [1.29, 1.82) is 0 Å². The predicted molar refractivity (Wildman–Crippen MR) is 154 cm³/mol. The van der Waals surface area contributed by atoms with Crippen molar-refractivity contribution in [2.75, 3.05) is 10.6 Å². The van der Waals surface area contributed by atoms with E-state index in [9.17, 15) is 19.5 Å². The predicted octanol–water partition coefficient (Wildman–Crippen LogP) is 6.42. The molecule has 4 aromatic carbocycles. The molecule has 0 bridgehead atoms. The monoisotopic (exact) mass is 554 g/mol. The van der Waals surface area contributed by atoms with Gasteiger partial charge in [-0.1, -0.05) is 72.0 Å². The van der Waals surface area contributed by atoms with Crippen molar-refractivity contribution in [1.82, 2.24) is 10.2 Å². The number of amides is 2. The van der Waals surface area contributed by atoms with E-state index in [1.165, 1.54) is 29.2 Å². The Kier molecular flexibility index (Phi) is 7.67. The van der Waals surface area contributed by atoms with Crippen LogP contribution in [0, 0.1) is 6.92 Å². The highest BCUT2D eigenvalue weighted by Gasteiger charge is 2.24. The van der Waals surface area contributed by atoms with Crippen LogP contribution in [-0.4, -0.2) is 33.1 Å². The summed E-state index contributed by atoms with van der Waals surface area (Å²) in [5.74, 6) is -1.78. The van der Waals surface area contributed by atoms with Crippen LogP contribution in [0.5, 0.6) is 0 Å². The maximum absolute atomic E-state index is 13.3. The number of nitrogens with one attached hydrogen (secondary N) is 2. The first-order valence-electron chi connectivity index (χ1n) is 11.9. The summed E-state index contributed by atoms with van der Waals surface area (Å²) in [6, 6.07) is 26.6. The number of fused-ring (bicyclic) bond motifs is 1. The van der Waals surface area contributed by atoms with E-state index in [1.54, 1.807) is 48.5 Å². The third-order valence-electron chi connectivity index (χ3n) is 5.82. The summed E-state index contributed by atoms with van der Waals surface area (Å²) in [6.45, 7) is 1.82. The number of benzene rings is 4. The molecule has 0 aliphatic carbocycles. The van der Waals surface area contributed by atoms with E-state index in [1.807, 2.05) is 43.3 Å². The zero-order valence-electron chi connectivity index (χ0n) is 20.6. The number of carboxylic acids is 1. The van der Waals surface area contributed by atoms with Crippen LogP contribution in [0.4, 0.5) is 10.8 Å². The molecular formula is C29H22N4O4S2. The van der Waals surface area contributed by atoms with Crippen LogP contribution in [0.25, 0.3) is 10.8 Å². The summed E-state index contributed by atoms with van der Waals surface area (Å²) >= 11 is 2.64. The van der Waals surface area contributed by atoms with E-state index in [4.69, 9.17) is 0 Å². The van der Waals surface area contributed by atoms with Gasteiger partial charge in [0.15, 0.2) is 0 Å². The lowest BCUT2D eigenvalue weighted by Gasteiger charge is -2.17. The van der Waals surface area contributed by atoms with E-state index in [-0.39, 0.29) is 17.0 Å². The first-order valence-corrected chi connectivity index (χ1v) is 13.6. The second kappa shape index (κ2) is 11.5. The number of anilines is 2. The van der Waals surface area contributed by atoms with Crippen LogP contribution in [0.1, 0.15) is 36.5 Å². The highest BCUT2D eigenvalue weighted by Crippen LogP contribution is 2.37. The Morgan fingerprint density at radius 3 is 2.26 bits per heavy atom. The normalized spacial score (nSPS) is 11.6. The Hall–Kier alpha value is -4.54. The minimum atomic E-state index is -1.10. The summed E-state index contributed by atoms with van der Waals surface area (Å²) in [4.78, 5) is 39.1. The van der Waals surface area contributed by atoms with Gasteiger partial charge in [0.1, 0.15) is 10.3 Å². The van der Waals surface area contributed by atoms with Crippen molar-refractivity contribution < 1.29 is 19.5 Å². The van der Waals surface area contributed by atoms with Gasteiger partial charge in [-0.05, 0) is 48.2 Å². The van der Waals surface area contributed by atoms with Crippen LogP contribution in [0.3, 0.4) is 0 Å². The number of nitrogens with zero attached hydrogens (tertiary/aromatic N) is 2. The molecule has 5 rings (SSSR count). The molecule has 3 N–H and O–H groups in total. The molecule has 194 valence electrons. The number of aromatic carboxylic acids is 1. The summed E-state index contributed by atoms with van der Waals surface area (Å²) in [5, 5.41) is 25.0. The molecule has 0 saturated heterocycles. The third kappa shape index (κ3) is 5.97. The minimum Gasteiger partial charge on any atom is -0.478 e. The maximum atomic E-state index is 13.3. The third-order valence-corrected chi connectivity index (χ3v) is 7.82. The van der Waals surface area contributed by atoms with Gasteiger partial charge < -0.3 is 10.4 Å². The molecule has 5 aromatic rings. The van der Waals surface area contributed by atoms with Crippen LogP contribution >= 0.6 is 23.1 Å². The van der Waals surface area contributed by atoms with Crippen molar-refractivity contribution in [3.8, 4) is 0 Å². The smallest absolute Gasteiger partial charge is 0.336 e. The second-order valence-corrected chi connectivity index (χ2v) is 10.9. The van der Waals surface area contributed by atoms with Gasteiger partial charge in [0.25, 0.3) is 5.91 Å². The molecule has 1 heterocycles. The number of aryl methyl sites for hydroxylation is 1. The molecule has 0 aliphatic rings. The Labute approximate surface area is 232 Å². The molecule has 0 aliphatic heterocycles. The van der Waals surface area contributed by atoms with Gasteiger partial charge in [-0.2, -0.15) is 0 Å². The number of aromatic nitrogens is 2. The number of hydrogen-bond donors (Lipinski definition) is 3. The lowest BCUT2D eigenvalue weighted by molar-refractivity contribution is -0.115. The first kappa shape index (κ1) is 26.1. The van der Waals surface area contributed by atoms with Crippen LogP contribution in [0.15, 0.2) is 95.9 Å². The molecule has 1 atom stereocenters. The zero-order chi connectivity index (χ0) is 27.4. The Morgan fingerprint density at radius 1 is 0.846 bits per heavy atom. The highest BCUT2D eigenvalue weighted by atomic mass is 32.2. The van der Waals surface area contributed by atoms with E-state index < -0.39 is 17.1 Å². The molecular weight excluding hydrogens is 532 g/mol. The molecule has 39 heavy (non-hydrogen) atoms. The Morgan fingerprint density at radius 2 is 1.56 bits per heavy atom. The van der Waals surface area contributed by atoms with Gasteiger partial charge in [0.05, 0.1) is 5.56 Å². The number of thioether (sulfide) groups is 1. The average Bonchev–Trinajstić information content (AvgIpc) is 3.35. The van der Waals surface area contributed by atoms with Crippen molar-refractivity contribution in [3.63, 3.8) is 0 Å². The number of hydrogen-bond acceptors (Lipinski definition) is 7. The highest BCUT2D eigenvalue weighted by molar-refractivity contribution is 8.00. The average molecular weight is 555 g/mol. The molecule has 0 spiro atoms. The number of rotatable bonds is 8. The second-order valence-electron chi connectivity index (χ2n) is 8.52. The van der Waals surface area contributed by atoms with Crippen LogP contribution in [-0.2, 0) is 4.79 Å². The summed E-state index contributed by atoms with van der Waals surface area (Å²) in [5.41, 5.74) is 1.65.